The average Bonchev–Trinajstić information content (AvgIpc) is 2.03. The molecule has 0 bridgehead atoms. The maximum Gasteiger partial charge on any atom is 0.0877 e. The van der Waals surface area contributed by atoms with E-state index in [2.05, 4.69) is 29.8 Å². The number of nitrogens with zero attached hydrogens (tertiary/aromatic N) is 2. The van der Waals surface area contributed by atoms with Crippen LogP contribution in [0.3, 0.4) is 0 Å². The Bertz CT molecular complexity index is 270. The SMILES string of the molecule is C[Si](C)(C)c1ccnnc1CO. The summed E-state index contributed by atoms with van der Waals surface area (Å²) in [4.78, 5) is 0. The number of rotatable bonds is 2. The Labute approximate surface area is 73.5 Å². The zero-order chi connectivity index (χ0) is 9.19. The molecular formula is C8H14N2OSi. The number of hydrogen-bond donors (Lipinski definition) is 1. The molecule has 1 aromatic heterocycles. The zero-order valence-electron chi connectivity index (χ0n) is 7.70. The third-order valence-corrected chi connectivity index (χ3v) is 3.83. The first-order valence-corrected chi connectivity index (χ1v) is 7.47. The molecule has 0 unspecified atom stereocenters. The van der Waals surface area contributed by atoms with E-state index in [1.165, 1.54) is 5.19 Å². The van der Waals surface area contributed by atoms with Crippen molar-refractivity contribution in [2.45, 2.75) is 26.2 Å². The van der Waals surface area contributed by atoms with Crippen LogP contribution in [0.25, 0.3) is 0 Å². The minimum atomic E-state index is -1.36. The highest BCUT2D eigenvalue weighted by atomic mass is 28.3. The number of aliphatic hydroxyl groups excluding tert-OH is 1. The lowest BCUT2D eigenvalue weighted by molar-refractivity contribution is 0.276. The molecule has 0 saturated carbocycles. The van der Waals surface area contributed by atoms with E-state index >= 15 is 0 Å². The van der Waals surface area contributed by atoms with Crippen molar-refractivity contribution in [2.24, 2.45) is 0 Å². The lowest BCUT2D eigenvalue weighted by atomic mass is 10.4. The molecule has 12 heavy (non-hydrogen) atoms. The van der Waals surface area contributed by atoms with Gasteiger partial charge in [-0.25, -0.2) is 0 Å². The highest BCUT2D eigenvalue weighted by molar-refractivity contribution is 6.88. The molecule has 0 aliphatic carbocycles. The third-order valence-electron chi connectivity index (χ3n) is 1.75. The van der Waals surface area contributed by atoms with Crippen LogP contribution in [-0.4, -0.2) is 23.4 Å². The molecule has 1 N–H and O–H groups in total. The van der Waals surface area contributed by atoms with Crippen molar-refractivity contribution in [3.63, 3.8) is 0 Å². The second kappa shape index (κ2) is 3.33. The Hall–Kier alpha value is -0.743. The fraction of sp³-hybridized carbons (Fsp3) is 0.500. The lowest BCUT2D eigenvalue weighted by Gasteiger charge is -2.17. The molecule has 66 valence electrons. The third kappa shape index (κ3) is 1.89. The quantitative estimate of drug-likeness (QED) is 0.678. The van der Waals surface area contributed by atoms with Crippen molar-refractivity contribution in [2.75, 3.05) is 0 Å². The highest BCUT2D eigenvalue weighted by Gasteiger charge is 2.20. The van der Waals surface area contributed by atoms with E-state index < -0.39 is 8.07 Å². The maximum absolute atomic E-state index is 9.00. The minimum absolute atomic E-state index is 0.00650. The van der Waals surface area contributed by atoms with E-state index in [9.17, 15) is 0 Å². The Morgan fingerprint density at radius 1 is 1.42 bits per heavy atom. The summed E-state index contributed by atoms with van der Waals surface area (Å²) in [7, 11) is -1.36. The van der Waals surface area contributed by atoms with Crippen LogP contribution in [0.4, 0.5) is 0 Å². The van der Waals surface area contributed by atoms with Crippen LogP contribution < -0.4 is 5.19 Å². The van der Waals surface area contributed by atoms with Crippen molar-refractivity contribution in [3.05, 3.63) is 18.0 Å². The van der Waals surface area contributed by atoms with Crippen LogP contribution in [0, 0.1) is 0 Å². The van der Waals surface area contributed by atoms with Crippen molar-refractivity contribution in [1.82, 2.24) is 10.2 Å². The Balaban J connectivity index is 3.14. The maximum atomic E-state index is 9.00. The van der Waals surface area contributed by atoms with Gasteiger partial charge < -0.3 is 5.11 Å². The van der Waals surface area contributed by atoms with Gasteiger partial charge in [-0.1, -0.05) is 19.6 Å². The molecule has 0 spiro atoms. The van der Waals surface area contributed by atoms with E-state index in [-0.39, 0.29) is 6.61 Å². The van der Waals surface area contributed by atoms with E-state index in [1.807, 2.05) is 6.07 Å². The largest absolute Gasteiger partial charge is 0.390 e. The summed E-state index contributed by atoms with van der Waals surface area (Å²) in [5, 5.41) is 17.8. The summed E-state index contributed by atoms with van der Waals surface area (Å²) in [6.45, 7) is 6.67. The van der Waals surface area contributed by atoms with E-state index in [1.54, 1.807) is 6.20 Å². The molecule has 0 radical (unpaired) electrons. The molecular weight excluding hydrogens is 168 g/mol. The molecule has 0 aliphatic rings. The molecule has 0 amide bonds. The van der Waals surface area contributed by atoms with Gasteiger partial charge in [0.1, 0.15) is 0 Å². The summed E-state index contributed by atoms with van der Waals surface area (Å²) < 4.78 is 0. The fourth-order valence-corrected chi connectivity index (χ4v) is 2.73. The molecule has 0 aliphatic heterocycles. The van der Waals surface area contributed by atoms with Crippen LogP contribution in [0.15, 0.2) is 12.3 Å². The van der Waals surface area contributed by atoms with Crippen molar-refractivity contribution < 1.29 is 5.11 Å². The fourth-order valence-electron chi connectivity index (χ4n) is 1.16. The molecule has 0 atom stereocenters. The van der Waals surface area contributed by atoms with Crippen LogP contribution in [0.1, 0.15) is 5.69 Å². The summed E-state index contributed by atoms with van der Waals surface area (Å²) in [5.74, 6) is 0. The van der Waals surface area contributed by atoms with Gasteiger partial charge in [0.15, 0.2) is 0 Å². The molecule has 0 fully saturated rings. The van der Waals surface area contributed by atoms with Crippen LogP contribution in [0.2, 0.25) is 19.6 Å². The van der Waals surface area contributed by atoms with Gasteiger partial charge in [-0.15, -0.1) is 0 Å². The first-order chi connectivity index (χ1) is 5.55. The molecule has 1 rings (SSSR count). The second-order valence-electron chi connectivity index (χ2n) is 3.80. The van der Waals surface area contributed by atoms with Crippen molar-refractivity contribution in [3.8, 4) is 0 Å². The minimum Gasteiger partial charge on any atom is -0.390 e. The van der Waals surface area contributed by atoms with E-state index in [4.69, 9.17) is 5.11 Å². The zero-order valence-corrected chi connectivity index (χ0v) is 8.70. The first-order valence-electron chi connectivity index (χ1n) is 3.97. The molecule has 0 aromatic carbocycles. The van der Waals surface area contributed by atoms with Gasteiger partial charge in [0.05, 0.1) is 20.4 Å². The normalized spacial score (nSPS) is 11.7. The Kier molecular flexibility index (Phi) is 2.59. The Morgan fingerprint density at radius 2 is 2.08 bits per heavy atom. The average molecular weight is 182 g/mol. The van der Waals surface area contributed by atoms with E-state index in [0.717, 1.165) is 5.69 Å². The van der Waals surface area contributed by atoms with Crippen LogP contribution in [0.5, 0.6) is 0 Å². The first kappa shape index (κ1) is 9.35. The standard InChI is InChI=1S/C8H14N2OSi/c1-12(2,3)8-4-5-9-10-7(8)6-11/h4-5,11H,6H2,1-3H3. The molecule has 1 heterocycles. The molecule has 1 aromatic rings. The topological polar surface area (TPSA) is 46.0 Å². The lowest BCUT2D eigenvalue weighted by Crippen LogP contribution is -2.40. The van der Waals surface area contributed by atoms with Crippen molar-refractivity contribution in [1.29, 1.82) is 0 Å². The van der Waals surface area contributed by atoms with Crippen LogP contribution >= 0.6 is 0 Å². The molecule has 3 nitrogen and oxygen atoms in total. The predicted molar refractivity (Wildman–Crippen MR) is 50.9 cm³/mol. The summed E-state index contributed by atoms with van der Waals surface area (Å²) in [6, 6.07) is 1.96. The van der Waals surface area contributed by atoms with Crippen molar-refractivity contribution >= 4 is 13.3 Å². The van der Waals surface area contributed by atoms with E-state index in [0.29, 0.717) is 0 Å². The summed E-state index contributed by atoms with van der Waals surface area (Å²) >= 11 is 0. The summed E-state index contributed by atoms with van der Waals surface area (Å²) in [5.41, 5.74) is 0.733. The smallest absolute Gasteiger partial charge is 0.0877 e. The van der Waals surface area contributed by atoms with Gasteiger partial charge in [-0.3, -0.25) is 0 Å². The Morgan fingerprint density at radius 3 is 2.50 bits per heavy atom. The van der Waals surface area contributed by atoms with Gasteiger partial charge in [0.2, 0.25) is 0 Å². The number of aromatic nitrogens is 2. The summed E-state index contributed by atoms with van der Waals surface area (Å²) in [6.07, 6.45) is 1.69. The van der Waals surface area contributed by atoms with Gasteiger partial charge in [0, 0.05) is 6.20 Å². The van der Waals surface area contributed by atoms with Gasteiger partial charge in [-0.2, -0.15) is 10.2 Å². The van der Waals surface area contributed by atoms with Crippen LogP contribution in [-0.2, 0) is 6.61 Å². The molecule has 0 saturated heterocycles. The predicted octanol–water partition coefficient (Wildman–Crippen LogP) is 0.514. The highest BCUT2D eigenvalue weighted by Crippen LogP contribution is 2.03. The second-order valence-corrected chi connectivity index (χ2v) is 8.84. The van der Waals surface area contributed by atoms with Gasteiger partial charge in [-0.05, 0) is 11.3 Å². The molecule has 4 heteroatoms. The number of hydrogen-bond acceptors (Lipinski definition) is 3. The monoisotopic (exact) mass is 182 g/mol. The number of aliphatic hydroxyl groups is 1. The van der Waals surface area contributed by atoms with Gasteiger partial charge in [0.25, 0.3) is 0 Å². The van der Waals surface area contributed by atoms with Gasteiger partial charge >= 0.3 is 0 Å².